The van der Waals surface area contributed by atoms with Crippen LogP contribution < -0.4 is 10.2 Å². The van der Waals surface area contributed by atoms with Crippen LogP contribution in [0.5, 0.6) is 0 Å². The molecule has 1 aliphatic rings. The van der Waals surface area contributed by atoms with Crippen molar-refractivity contribution in [2.75, 3.05) is 36.4 Å². The molecule has 1 aliphatic heterocycles. The van der Waals surface area contributed by atoms with E-state index in [0.717, 1.165) is 43.2 Å². The van der Waals surface area contributed by atoms with Crippen LogP contribution in [0.2, 0.25) is 0 Å². The molecule has 2 heterocycles. The molecular weight excluding hydrogens is 392 g/mol. The van der Waals surface area contributed by atoms with Gasteiger partial charge in [-0.15, -0.1) is 10.2 Å². The van der Waals surface area contributed by atoms with Crippen molar-refractivity contribution in [3.8, 4) is 5.69 Å². The number of anilines is 2. The van der Waals surface area contributed by atoms with Crippen molar-refractivity contribution >= 4 is 23.2 Å². The molecule has 2 aromatic carbocycles. The molecule has 160 valence electrons. The number of carbonyl (C=O) groups is 2. The van der Waals surface area contributed by atoms with Crippen LogP contribution in [0.3, 0.4) is 0 Å². The highest BCUT2D eigenvalue weighted by Gasteiger charge is 2.22. The highest BCUT2D eigenvalue weighted by molar-refractivity contribution is 6.04. The highest BCUT2D eigenvalue weighted by atomic mass is 16.2. The molecule has 1 N–H and O–H groups in total. The summed E-state index contributed by atoms with van der Waals surface area (Å²) in [5.41, 5.74) is 3.30. The maximum atomic E-state index is 12.6. The fourth-order valence-electron chi connectivity index (χ4n) is 3.63. The molecule has 1 aromatic heterocycles. The predicted molar refractivity (Wildman–Crippen MR) is 119 cm³/mol. The quantitative estimate of drug-likeness (QED) is 0.689. The summed E-state index contributed by atoms with van der Waals surface area (Å²) in [7, 11) is 0. The van der Waals surface area contributed by atoms with Crippen LogP contribution in [0.1, 0.15) is 24.2 Å². The molecule has 0 spiro atoms. The topological polar surface area (TPSA) is 83.4 Å². The standard InChI is InChI=1S/C23H26N6O2/c1-17(2)23(31)28-13-11-27(12-14-28)20-9-5-19(6-10-20)26-22(30)18-3-7-21(8-4-18)29-15-24-25-16-29/h3-10,15-17H,11-14H2,1-2H3,(H,26,30). The van der Waals surface area contributed by atoms with E-state index in [2.05, 4.69) is 20.4 Å². The van der Waals surface area contributed by atoms with Crippen molar-refractivity contribution in [3.63, 3.8) is 0 Å². The van der Waals surface area contributed by atoms with Gasteiger partial charge in [0.15, 0.2) is 0 Å². The molecule has 8 nitrogen and oxygen atoms in total. The summed E-state index contributed by atoms with van der Waals surface area (Å²) in [5.74, 6) is 0.0878. The van der Waals surface area contributed by atoms with Gasteiger partial charge in [-0.25, -0.2) is 0 Å². The lowest BCUT2D eigenvalue weighted by atomic mass is 10.1. The van der Waals surface area contributed by atoms with E-state index in [0.29, 0.717) is 5.56 Å². The van der Waals surface area contributed by atoms with E-state index in [1.807, 2.05) is 55.1 Å². The number of hydrogen-bond acceptors (Lipinski definition) is 5. The Morgan fingerprint density at radius 2 is 1.42 bits per heavy atom. The average molecular weight is 419 g/mol. The first kappa shape index (κ1) is 20.6. The first-order valence-corrected chi connectivity index (χ1v) is 10.4. The molecule has 1 fully saturated rings. The lowest BCUT2D eigenvalue weighted by Crippen LogP contribution is -2.49. The summed E-state index contributed by atoms with van der Waals surface area (Å²) in [5, 5.41) is 10.5. The molecule has 8 heteroatoms. The van der Waals surface area contributed by atoms with Gasteiger partial charge in [0.25, 0.3) is 5.91 Å². The third-order valence-electron chi connectivity index (χ3n) is 5.42. The minimum Gasteiger partial charge on any atom is -0.368 e. The second kappa shape index (κ2) is 8.99. The molecule has 0 radical (unpaired) electrons. The fourth-order valence-corrected chi connectivity index (χ4v) is 3.63. The van der Waals surface area contributed by atoms with Gasteiger partial charge in [0.1, 0.15) is 12.7 Å². The van der Waals surface area contributed by atoms with Gasteiger partial charge in [0.2, 0.25) is 5.91 Å². The third kappa shape index (κ3) is 4.74. The normalized spacial score (nSPS) is 14.0. The Morgan fingerprint density at radius 1 is 0.839 bits per heavy atom. The molecule has 0 unspecified atom stereocenters. The van der Waals surface area contributed by atoms with Gasteiger partial charge >= 0.3 is 0 Å². The number of nitrogens with zero attached hydrogens (tertiary/aromatic N) is 5. The van der Waals surface area contributed by atoms with E-state index in [4.69, 9.17) is 0 Å². The minimum atomic E-state index is -0.163. The second-order valence-corrected chi connectivity index (χ2v) is 7.88. The molecule has 2 amide bonds. The van der Waals surface area contributed by atoms with Crippen LogP contribution >= 0.6 is 0 Å². The van der Waals surface area contributed by atoms with Crippen molar-refractivity contribution in [1.29, 1.82) is 0 Å². The fraction of sp³-hybridized carbons (Fsp3) is 0.304. The molecular formula is C23H26N6O2. The second-order valence-electron chi connectivity index (χ2n) is 7.88. The smallest absolute Gasteiger partial charge is 0.255 e. The molecule has 0 bridgehead atoms. The van der Waals surface area contributed by atoms with Crippen molar-refractivity contribution in [3.05, 3.63) is 66.7 Å². The van der Waals surface area contributed by atoms with E-state index in [9.17, 15) is 9.59 Å². The summed E-state index contributed by atoms with van der Waals surface area (Å²) >= 11 is 0. The number of hydrogen-bond donors (Lipinski definition) is 1. The zero-order valence-electron chi connectivity index (χ0n) is 17.7. The molecule has 0 saturated carbocycles. The van der Waals surface area contributed by atoms with Crippen molar-refractivity contribution in [2.45, 2.75) is 13.8 Å². The Bertz CT molecular complexity index is 1020. The zero-order chi connectivity index (χ0) is 21.8. The first-order valence-electron chi connectivity index (χ1n) is 10.4. The number of carbonyl (C=O) groups excluding carboxylic acids is 2. The van der Waals surface area contributed by atoms with Gasteiger partial charge in [0, 0.05) is 54.7 Å². The van der Waals surface area contributed by atoms with Crippen LogP contribution in [0.15, 0.2) is 61.2 Å². The molecule has 31 heavy (non-hydrogen) atoms. The highest BCUT2D eigenvalue weighted by Crippen LogP contribution is 2.21. The van der Waals surface area contributed by atoms with Crippen LogP contribution in [-0.2, 0) is 4.79 Å². The van der Waals surface area contributed by atoms with Gasteiger partial charge in [-0.05, 0) is 48.5 Å². The number of aromatic nitrogens is 3. The third-order valence-corrected chi connectivity index (χ3v) is 5.42. The van der Waals surface area contributed by atoms with Crippen molar-refractivity contribution in [1.82, 2.24) is 19.7 Å². The molecule has 4 rings (SSSR count). The number of piperazine rings is 1. The van der Waals surface area contributed by atoms with E-state index in [1.165, 1.54) is 0 Å². The van der Waals surface area contributed by atoms with Crippen molar-refractivity contribution < 1.29 is 9.59 Å². The first-order chi connectivity index (χ1) is 15.0. The minimum absolute atomic E-state index is 0.0357. The summed E-state index contributed by atoms with van der Waals surface area (Å²) in [6.45, 7) is 6.97. The van der Waals surface area contributed by atoms with Crippen LogP contribution in [0.4, 0.5) is 11.4 Å². The molecule has 1 saturated heterocycles. The zero-order valence-corrected chi connectivity index (χ0v) is 17.7. The summed E-state index contributed by atoms with van der Waals surface area (Å²) < 4.78 is 1.78. The maximum absolute atomic E-state index is 12.6. The molecule has 3 aromatic rings. The van der Waals surface area contributed by atoms with Crippen LogP contribution in [0, 0.1) is 5.92 Å². The summed E-state index contributed by atoms with van der Waals surface area (Å²) in [4.78, 5) is 28.9. The monoisotopic (exact) mass is 418 g/mol. The van der Waals surface area contributed by atoms with Gasteiger partial charge in [0.05, 0.1) is 0 Å². The number of benzene rings is 2. The Labute approximate surface area is 181 Å². The van der Waals surface area contributed by atoms with E-state index in [-0.39, 0.29) is 17.7 Å². The molecule has 0 aliphatic carbocycles. The van der Waals surface area contributed by atoms with Gasteiger partial charge in [-0.3, -0.25) is 14.2 Å². The lowest BCUT2D eigenvalue weighted by Gasteiger charge is -2.37. The largest absolute Gasteiger partial charge is 0.368 e. The van der Waals surface area contributed by atoms with Crippen molar-refractivity contribution in [2.24, 2.45) is 5.92 Å². The summed E-state index contributed by atoms with van der Waals surface area (Å²) in [6, 6.07) is 15.1. The van der Waals surface area contributed by atoms with Gasteiger partial charge in [-0.1, -0.05) is 13.8 Å². The number of rotatable bonds is 5. The van der Waals surface area contributed by atoms with Gasteiger partial charge < -0.3 is 15.1 Å². The Morgan fingerprint density at radius 3 is 2.00 bits per heavy atom. The van der Waals surface area contributed by atoms with E-state index >= 15 is 0 Å². The Hall–Kier alpha value is -3.68. The maximum Gasteiger partial charge on any atom is 0.255 e. The predicted octanol–water partition coefficient (Wildman–Crippen LogP) is 2.82. The van der Waals surface area contributed by atoms with Gasteiger partial charge in [-0.2, -0.15) is 0 Å². The molecule has 0 atom stereocenters. The van der Waals surface area contributed by atoms with Crippen LogP contribution in [-0.4, -0.2) is 57.7 Å². The summed E-state index contributed by atoms with van der Waals surface area (Å²) in [6.07, 6.45) is 3.22. The average Bonchev–Trinajstić information content (AvgIpc) is 3.34. The number of nitrogens with one attached hydrogen (secondary N) is 1. The number of amides is 2. The lowest BCUT2D eigenvalue weighted by molar-refractivity contribution is -0.134. The Kier molecular flexibility index (Phi) is 5.97. The van der Waals surface area contributed by atoms with E-state index < -0.39 is 0 Å². The SMILES string of the molecule is CC(C)C(=O)N1CCN(c2ccc(NC(=O)c3ccc(-n4cnnc4)cc3)cc2)CC1. The Balaban J connectivity index is 1.33. The van der Waals surface area contributed by atoms with E-state index in [1.54, 1.807) is 29.4 Å². The van der Waals surface area contributed by atoms with Crippen LogP contribution in [0.25, 0.3) is 5.69 Å².